The molecule has 1 aromatic heterocycles. The molecule has 1 aromatic rings. The molecule has 0 saturated heterocycles. The molecule has 5 heteroatoms. The number of aromatic nitrogens is 1. The van der Waals surface area contributed by atoms with Gasteiger partial charge >= 0.3 is 0 Å². The van der Waals surface area contributed by atoms with E-state index in [-0.39, 0.29) is 11.9 Å². The lowest BCUT2D eigenvalue weighted by molar-refractivity contribution is -0.122. The van der Waals surface area contributed by atoms with Gasteiger partial charge in [0.2, 0.25) is 5.91 Å². The molecule has 19 heavy (non-hydrogen) atoms. The monoisotopic (exact) mass is 265 g/mol. The first-order chi connectivity index (χ1) is 9.24. The van der Waals surface area contributed by atoms with Crippen LogP contribution in [0.5, 0.6) is 0 Å². The molecule has 106 valence electrons. The van der Waals surface area contributed by atoms with E-state index in [1.54, 1.807) is 19.5 Å². The number of ether oxygens (including phenoxy) is 1. The van der Waals surface area contributed by atoms with Gasteiger partial charge < -0.3 is 15.4 Å². The summed E-state index contributed by atoms with van der Waals surface area (Å²) in [5, 5.41) is 6.08. The van der Waals surface area contributed by atoms with Crippen molar-refractivity contribution >= 4 is 5.91 Å². The lowest BCUT2D eigenvalue weighted by Gasteiger charge is -2.13. The topological polar surface area (TPSA) is 63.2 Å². The number of pyridine rings is 1. The summed E-state index contributed by atoms with van der Waals surface area (Å²) >= 11 is 0. The quantitative estimate of drug-likeness (QED) is 0.647. The van der Waals surface area contributed by atoms with Crippen LogP contribution in [-0.4, -0.2) is 43.7 Å². The van der Waals surface area contributed by atoms with E-state index in [4.69, 9.17) is 4.74 Å². The SMILES string of the molecule is COCCCNC(=O)C(C)NCCc1ccncc1. The van der Waals surface area contributed by atoms with Crippen molar-refractivity contribution in [3.63, 3.8) is 0 Å². The standard InChI is InChI=1S/C14H23N3O2/c1-12(14(18)17-7-3-11-19-2)16-10-6-13-4-8-15-9-5-13/h4-5,8-9,12,16H,3,6-7,10-11H2,1-2H3,(H,17,18). The Morgan fingerprint density at radius 3 is 2.79 bits per heavy atom. The number of nitrogens with zero attached hydrogens (tertiary/aromatic N) is 1. The van der Waals surface area contributed by atoms with Gasteiger partial charge in [0, 0.05) is 32.7 Å². The Labute approximate surface area is 114 Å². The van der Waals surface area contributed by atoms with Gasteiger partial charge in [-0.15, -0.1) is 0 Å². The summed E-state index contributed by atoms with van der Waals surface area (Å²) < 4.78 is 4.93. The molecule has 1 heterocycles. The van der Waals surface area contributed by atoms with Gasteiger partial charge in [-0.25, -0.2) is 0 Å². The summed E-state index contributed by atoms with van der Waals surface area (Å²) in [7, 11) is 1.66. The second-order valence-corrected chi connectivity index (χ2v) is 4.42. The molecule has 0 aromatic carbocycles. The molecule has 0 fully saturated rings. The summed E-state index contributed by atoms with van der Waals surface area (Å²) in [5.41, 5.74) is 1.22. The van der Waals surface area contributed by atoms with E-state index in [9.17, 15) is 4.79 Å². The van der Waals surface area contributed by atoms with Crippen molar-refractivity contribution in [3.05, 3.63) is 30.1 Å². The van der Waals surface area contributed by atoms with Crippen LogP contribution in [0.15, 0.2) is 24.5 Å². The molecular formula is C14H23N3O2. The van der Waals surface area contributed by atoms with Gasteiger partial charge in [0.25, 0.3) is 0 Å². The summed E-state index contributed by atoms with van der Waals surface area (Å²) in [6.07, 6.45) is 5.29. The number of carbonyl (C=O) groups is 1. The van der Waals surface area contributed by atoms with Gasteiger partial charge in [-0.3, -0.25) is 9.78 Å². The molecule has 0 aliphatic heterocycles. The average molecular weight is 265 g/mol. The zero-order chi connectivity index (χ0) is 13.9. The fraction of sp³-hybridized carbons (Fsp3) is 0.571. The van der Waals surface area contributed by atoms with Crippen molar-refractivity contribution < 1.29 is 9.53 Å². The van der Waals surface area contributed by atoms with Crippen LogP contribution in [0.25, 0.3) is 0 Å². The Bertz CT molecular complexity index is 357. The second-order valence-electron chi connectivity index (χ2n) is 4.42. The van der Waals surface area contributed by atoms with Crippen molar-refractivity contribution in [1.82, 2.24) is 15.6 Å². The highest BCUT2D eigenvalue weighted by Gasteiger charge is 2.10. The number of carbonyl (C=O) groups excluding carboxylic acids is 1. The maximum Gasteiger partial charge on any atom is 0.236 e. The van der Waals surface area contributed by atoms with Gasteiger partial charge in [-0.2, -0.15) is 0 Å². The number of methoxy groups -OCH3 is 1. The molecule has 1 unspecified atom stereocenters. The van der Waals surface area contributed by atoms with Gasteiger partial charge in [0.1, 0.15) is 0 Å². The predicted molar refractivity (Wildman–Crippen MR) is 74.9 cm³/mol. The van der Waals surface area contributed by atoms with Crippen molar-refractivity contribution in [2.45, 2.75) is 25.8 Å². The third kappa shape index (κ3) is 6.88. The average Bonchev–Trinajstić information content (AvgIpc) is 2.44. The lowest BCUT2D eigenvalue weighted by Crippen LogP contribution is -2.43. The Hall–Kier alpha value is -1.46. The number of hydrogen-bond donors (Lipinski definition) is 2. The van der Waals surface area contributed by atoms with Crippen LogP contribution in [0.1, 0.15) is 18.9 Å². The van der Waals surface area contributed by atoms with Gasteiger partial charge in [-0.1, -0.05) is 0 Å². The smallest absolute Gasteiger partial charge is 0.236 e. The third-order valence-electron chi connectivity index (χ3n) is 2.83. The number of hydrogen-bond acceptors (Lipinski definition) is 4. The fourth-order valence-electron chi connectivity index (χ4n) is 1.66. The predicted octanol–water partition coefficient (Wildman–Crippen LogP) is 0.755. The van der Waals surface area contributed by atoms with Crippen molar-refractivity contribution in [2.75, 3.05) is 26.8 Å². The Balaban J connectivity index is 2.12. The van der Waals surface area contributed by atoms with E-state index in [0.29, 0.717) is 13.2 Å². The van der Waals surface area contributed by atoms with Crippen molar-refractivity contribution in [1.29, 1.82) is 0 Å². The van der Waals surface area contributed by atoms with Gasteiger partial charge in [-0.05, 0) is 44.0 Å². The molecule has 2 N–H and O–H groups in total. The largest absolute Gasteiger partial charge is 0.385 e. The van der Waals surface area contributed by atoms with E-state index >= 15 is 0 Å². The summed E-state index contributed by atoms with van der Waals surface area (Å²) in [5.74, 6) is 0.0332. The molecular weight excluding hydrogens is 242 g/mol. The normalized spacial score (nSPS) is 12.1. The number of amides is 1. The molecule has 0 radical (unpaired) electrons. The molecule has 1 rings (SSSR count). The van der Waals surface area contributed by atoms with Gasteiger partial charge in [0.05, 0.1) is 6.04 Å². The van der Waals surface area contributed by atoms with E-state index in [2.05, 4.69) is 15.6 Å². The van der Waals surface area contributed by atoms with Crippen LogP contribution in [0.2, 0.25) is 0 Å². The maximum absolute atomic E-state index is 11.7. The first kappa shape index (κ1) is 15.6. The molecule has 0 saturated carbocycles. The minimum absolute atomic E-state index is 0.0332. The van der Waals surface area contributed by atoms with E-state index in [0.717, 1.165) is 19.4 Å². The Morgan fingerprint density at radius 1 is 1.37 bits per heavy atom. The van der Waals surface area contributed by atoms with Gasteiger partial charge in [0.15, 0.2) is 0 Å². The highest BCUT2D eigenvalue weighted by atomic mass is 16.5. The van der Waals surface area contributed by atoms with Crippen molar-refractivity contribution in [2.24, 2.45) is 0 Å². The highest BCUT2D eigenvalue weighted by molar-refractivity contribution is 5.81. The minimum Gasteiger partial charge on any atom is -0.385 e. The molecule has 1 amide bonds. The van der Waals surface area contributed by atoms with E-state index in [1.807, 2.05) is 19.1 Å². The first-order valence-electron chi connectivity index (χ1n) is 6.63. The minimum atomic E-state index is -0.176. The van der Waals surface area contributed by atoms with Crippen LogP contribution in [-0.2, 0) is 16.0 Å². The number of nitrogens with one attached hydrogen (secondary N) is 2. The van der Waals surface area contributed by atoms with Crippen molar-refractivity contribution in [3.8, 4) is 0 Å². The molecule has 0 spiro atoms. The van der Waals surface area contributed by atoms with E-state index < -0.39 is 0 Å². The molecule has 0 aliphatic rings. The second kappa shape index (κ2) is 9.47. The maximum atomic E-state index is 11.7. The molecule has 5 nitrogen and oxygen atoms in total. The molecule has 0 aliphatic carbocycles. The van der Waals surface area contributed by atoms with Crippen LogP contribution in [0, 0.1) is 0 Å². The Kier molecular flexibility index (Phi) is 7.77. The van der Waals surface area contributed by atoms with Crippen LogP contribution in [0.3, 0.4) is 0 Å². The first-order valence-corrected chi connectivity index (χ1v) is 6.63. The highest BCUT2D eigenvalue weighted by Crippen LogP contribution is 1.96. The molecule has 0 bridgehead atoms. The lowest BCUT2D eigenvalue weighted by atomic mass is 10.2. The zero-order valence-electron chi connectivity index (χ0n) is 11.7. The summed E-state index contributed by atoms with van der Waals surface area (Å²) in [6, 6.07) is 3.79. The van der Waals surface area contributed by atoms with Crippen LogP contribution >= 0.6 is 0 Å². The summed E-state index contributed by atoms with van der Waals surface area (Å²) in [4.78, 5) is 15.7. The van der Waals surface area contributed by atoms with E-state index in [1.165, 1.54) is 5.56 Å². The third-order valence-corrected chi connectivity index (χ3v) is 2.83. The van der Waals surface area contributed by atoms with Crippen LogP contribution in [0.4, 0.5) is 0 Å². The van der Waals surface area contributed by atoms with Crippen LogP contribution < -0.4 is 10.6 Å². The number of rotatable bonds is 9. The zero-order valence-corrected chi connectivity index (χ0v) is 11.7. The Morgan fingerprint density at radius 2 is 2.11 bits per heavy atom. The molecule has 1 atom stereocenters. The fourth-order valence-corrected chi connectivity index (χ4v) is 1.66. The summed E-state index contributed by atoms with van der Waals surface area (Å²) in [6.45, 7) is 3.97.